The van der Waals surface area contributed by atoms with Crippen LogP contribution in [-0.2, 0) is 0 Å². The predicted molar refractivity (Wildman–Crippen MR) is 85.8 cm³/mol. The summed E-state index contributed by atoms with van der Waals surface area (Å²) in [4.78, 5) is 14.8. The average molecular weight is 308 g/mol. The maximum absolute atomic E-state index is 13.6. The van der Waals surface area contributed by atoms with Crippen molar-refractivity contribution in [1.29, 1.82) is 5.26 Å². The minimum absolute atomic E-state index is 0.0912. The predicted octanol–water partition coefficient (Wildman–Crippen LogP) is 3.55. The molecule has 1 aromatic heterocycles. The van der Waals surface area contributed by atoms with Gasteiger partial charge in [-0.15, -0.1) is 0 Å². The summed E-state index contributed by atoms with van der Waals surface area (Å²) in [6.45, 7) is 1.79. The molecule has 114 valence electrons. The van der Waals surface area contributed by atoms with Gasteiger partial charge in [0.25, 0.3) is 5.56 Å². The van der Waals surface area contributed by atoms with E-state index in [9.17, 15) is 9.18 Å². The fraction of sp³-hybridized carbons (Fsp3) is 0.111. The molecule has 5 heteroatoms. The topological polar surface area (TPSA) is 65.9 Å². The van der Waals surface area contributed by atoms with Crippen LogP contribution in [0.4, 0.5) is 4.39 Å². The van der Waals surface area contributed by atoms with Crippen LogP contribution < -0.4 is 10.3 Å². The van der Waals surface area contributed by atoms with Crippen molar-refractivity contribution >= 4 is 10.8 Å². The number of rotatable bonds is 3. The van der Waals surface area contributed by atoms with Crippen molar-refractivity contribution in [3.8, 4) is 22.9 Å². The molecule has 0 aliphatic rings. The molecule has 1 heterocycles. The van der Waals surface area contributed by atoms with Crippen molar-refractivity contribution in [1.82, 2.24) is 4.98 Å². The number of hydrogen-bond donors (Lipinski definition) is 1. The van der Waals surface area contributed by atoms with Crippen molar-refractivity contribution in [3.05, 3.63) is 64.3 Å². The average Bonchev–Trinajstić information content (AvgIpc) is 2.56. The standard InChI is InChI=1S/C18H13FN2O2/c1-11-2-3-12(19)8-15(11)17-10-21-18(22)16-9-13(23-7-6-20)4-5-14(16)17/h2-5,8-10H,7H2,1H3,(H,21,22). The molecule has 3 aromatic rings. The highest BCUT2D eigenvalue weighted by Gasteiger charge is 2.11. The minimum Gasteiger partial charge on any atom is -0.479 e. The number of aromatic nitrogens is 1. The summed E-state index contributed by atoms with van der Waals surface area (Å²) in [7, 11) is 0. The van der Waals surface area contributed by atoms with Crippen LogP contribution in [0.2, 0.25) is 0 Å². The molecule has 0 unspecified atom stereocenters. The summed E-state index contributed by atoms with van der Waals surface area (Å²) in [6, 6.07) is 11.5. The Morgan fingerprint density at radius 2 is 2.00 bits per heavy atom. The van der Waals surface area contributed by atoms with Crippen LogP contribution in [0.1, 0.15) is 5.56 Å². The first-order valence-corrected chi connectivity index (χ1v) is 7.02. The van der Waals surface area contributed by atoms with Crippen molar-refractivity contribution in [2.24, 2.45) is 0 Å². The van der Waals surface area contributed by atoms with E-state index in [1.54, 1.807) is 30.5 Å². The molecule has 0 atom stereocenters. The zero-order valence-electron chi connectivity index (χ0n) is 12.4. The molecule has 3 rings (SSSR count). The van der Waals surface area contributed by atoms with Gasteiger partial charge in [-0.05, 0) is 53.8 Å². The van der Waals surface area contributed by atoms with Gasteiger partial charge in [-0.2, -0.15) is 5.26 Å². The number of ether oxygens (including phenoxy) is 1. The lowest BCUT2D eigenvalue weighted by Gasteiger charge is -2.10. The van der Waals surface area contributed by atoms with Crippen LogP contribution in [0.25, 0.3) is 21.9 Å². The van der Waals surface area contributed by atoms with E-state index in [2.05, 4.69) is 4.98 Å². The van der Waals surface area contributed by atoms with Gasteiger partial charge in [0, 0.05) is 11.8 Å². The lowest BCUT2D eigenvalue weighted by atomic mass is 9.97. The molecule has 0 aliphatic heterocycles. The van der Waals surface area contributed by atoms with Crippen molar-refractivity contribution < 1.29 is 9.13 Å². The lowest BCUT2D eigenvalue weighted by molar-refractivity contribution is 0.368. The number of aryl methyl sites for hydroxylation is 1. The quantitative estimate of drug-likeness (QED) is 0.804. The normalized spacial score (nSPS) is 10.5. The number of aromatic amines is 1. The van der Waals surface area contributed by atoms with Gasteiger partial charge in [0.2, 0.25) is 0 Å². The zero-order valence-corrected chi connectivity index (χ0v) is 12.4. The molecule has 1 N–H and O–H groups in total. The lowest BCUT2D eigenvalue weighted by Crippen LogP contribution is -2.07. The van der Waals surface area contributed by atoms with Crippen molar-refractivity contribution in [2.75, 3.05) is 6.61 Å². The van der Waals surface area contributed by atoms with E-state index < -0.39 is 0 Å². The first kappa shape index (κ1) is 14.8. The van der Waals surface area contributed by atoms with Crippen molar-refractivity contribution in [2.45, 2.75) is 6.92 Å². The fourth-order valence-electron chi connectivity index (χ4n) is 2.55. The van der Waals surface area contributed by atoms with Crippen LogP contribution in [0.5, 0.6) is 5.75 Å². The number of nitriles is 1. The van der Waals surface area contributed by atoms with E-state index >= 15 is 0 Å². The largest absolute Gasteiger partial charge is 0.479 e. The molecule has 0 bridgehead atoms. The Labute approximate surface area is 131 Å². The van der Waals surface area contributed by atoms with Crippen LogP contribution >= 0.6 is 0 Å². The highest BCUT2D eigenvalue weighted by Crippen LogP contribution is 2.31. The van der Waals surface area contributed by atoms with Crippen LogP contribution in [-0.4, -0.2) is 11.6 Å². The van der Waals surface area contributed by atoms with Gasteiger partial charge in [0.05, 0.1) is 5.39 Å². The Bertz CT molecular complexity index is 986. The van der Waals surface area contributed by atoms with E-state index in [-0.39, 0.29) is 18.0 Å². The number of nitrogens with zero attached hydrogens (tertiary/aromatic N) is 1. The number of H-pyrrole nitrogens is 1. The summed E-state index contributed by atoms with van der Waals surface area (Å²) < 4.78 is 18.8. The van der Waals surface area contributed by atoms with Crippen molar-refractivity contribution in [3.63, 3.8) is 0 Å². The molecule has 0 aliphatic carbocycles. The van der Waals surface area contributed by atoms with Gasteiger partial charge < -0.3 is 9.72 Å². The molecule has 0 amide bonds. The van der Waals surface area contributed by atoms with Gasteiger partial charge in [0.15, 0.2) is 6.61 Å². The molecule has 0 spiro atoms. The minimum atomic E-state index is -0.334. The van der Waals surface area contributed by atoms with Gasteiger partial charge in [-0.25, -0.2) is 4.39 Å². The highest BCUT2D eigenvalue weighted by atomic mass is 19.1. The number of fused-ring (bicyclic) bond motifs is 1. The highest BCUT2D eigenvalue weighted by molar-refractivity contribution is 5.97. The fourth-order valence-corrected chi connectivity index (χ4v) is 2.55. The molecule has 4 nitrogen and oxygen atoms in total. The van der Waals surface area contributed by atoms with Crippen LogP contribution in [0, 0.1) is 24.1 Å². The molecule has 0 radical (unpaired) electrons. The summed E-state index contributed by atoms with van der Waals surface area (Å²) in [6.07, 6.45) is 1.59. The number of pyridine rings is 1. The van der Waals surface area contributed by atoms with Crippen LogP contribution in [0.3, 0.4) is 0 Å². The summed E-state index contributed by atoms with van der Waals surface area (Å²) >= 11 is 0. The second kappa shape index (κ2) is 5.93. The first-order valence-electron chi connectivity index (χ1n) is 7.02. The summed E-state index contributed by atoms with van der Waals surface area (Å²) in [5.74, 6) is 0.108. The third-order valence-corrected chi connectivity index (χ3v) is 3.67. The Morgan fingerprint density at radius 3 is 2.78 bits per heavy atom. The molecule has 2 aromatic carbocycles. The monoisotopic (exact) mass is 308 g/mol. The number of nitrogens with one attached hydrogen (secondary N) is 1. The van der Waals surface area contributed by atoms with Gasteiger partial charge in [0.1, 0.15) is 17.6 Å². The number of hydrogen-bond acceptors (Lipinski definition) is 3. The molecular formula is C18H13FN2O2. The Hall–Kier alpha value is -3.13. The van der Waals surface area contributed by atoms with E-state index in [4.69, 9.17) is 10.00 Å². The van der Waals surface area contributed by atoms with Gasteiger partial charge in [-0.3, -0.25) is 4.79 Å². The van der Waals surface area contributed by atoms with E-state index in [1.807, 2.05) is 13.0 Å². The van der Waals surface area contributed by atoms with Gasteiger partial charge >= 0.3 is 0 Å². The molecule has 23 heavy (non-hydrogen) atoms. The molecule has 0 saturated heterocycles. The summed E-state index contributed by atoms with van der Waals surface area (Å²) in [5, 5.41) is 9.70. The Morgan fingerprint density at radius 1 is 1.17 bits per heavy atom. The number of halogens is 1. The van der Waals surface area contributed by atoms with E-state index in [0.717, 1.165) is 16.7 Å². The molecule has 0 fully saturated rings. The van der Waals surface area contributed by atoms with E-state index in [1.165, 1.54) is 12.1 Å². The van der Waals surface area contributed by atoms with E-state index in [0.29, 0.717) is 16.5 Å². The zero-order chi connectivity index (χ0) is 16.4. The summed E-state index contributed by atoms with van der Waals surface area (Å²) in [5.41, 5.74) is 2.10. The Kier molecular flexibility index (Phi) is 3.82. The smallest absolute Gasteiger partial charge is 0.255 e. The third kappa shape index (κ3) is 2.79. The van der Waals surface area contributed by atoms with Crippen LogP contribution in [0.15, 0.2) is 47.4 Å². The third-order valence-electron chi connectivity index (χ3n) is 3.67. The molecule has 0 saturated carbocycles. The number of benzene rings is 2. The second-order valence-corrected chi connectivity index (χ2v) is 5.14. The SMILES string of the molecule is Cc1ccc(F)cc1-c1c[nH]c(=O)c2cc(OCC#N)ccc12. The first-order chi connectivity index (χ1) is 11.1. The Balaban J connectivity index is 2.23. The van der Waals surface area contributed by atoms with Gasteiger partial charge in [-0.1, -0.05) is 6.07 Å². The molecular weight excluding hydrogens is 295 g/mol. The maximum Gasteiger partial charge on any atom is 0.255 e. The second-order valence-electron chi connectivity index (χ2n) is 5.14. The maximum atomic E-state index is 13.6.